The lowest BCUT2D eigenvalue weighted by Crippen LogP contribution is -2.44. The normalized spacial score (nSPS) is 43.2. The van der Waals surface area contributed by atoms with Gasteiger partial charge in [0.25, 0.3) is 0 Å². The van der Waals surface area contributed by atoms with Gasteiger partial charge in [-0.1, -0.05) is 0 Å². The Morgan fingerprint density at radius 1 is 1.38 bits per heavy atom. The minimum atomic E-state index is -0.865. The maximum Gasteiger partial charge on any atom is 0.318 e. The first-order valence-electron chi connectivity index (χ1n) is 5.38. The van der Waals surface area contributed by atoms with Crippen LogP contribution in [0, 0.1) is 23.7 Å². The van der Waals surface area contributed by atoms with Crippen LogP contribution >= 0.6 is 0 Å². The lowest BCUT2D eigenvalue weighted by atomic mass is 9.79. The first kappa shape index (κ1) is 9.62. The monoisotopic (exact) mass is 224 g/mol. The zero-order valence-corrected chi connectivity index (χ0v) is 8.51. The molecule has 6 nitrogen and oxygen atoms in total. The molecule has 0 aromatic heterocycles. The second kappa shape index (κ2) is 2.96. The average Bonchev–Trinajstić information content (AvgIpc) is 2.75. The first-order valence-corrected chi connectivity index (χ1v) is 5.38. The maximum atomic E-state index is 11.8. The quantitative estimate of drug-likeness (QED) is 0.580. The molecule has 3 fully saturated rings. The van der Waals surface area contributed by atoms with E-state index in [4.69, 9.17) is 10.5 Å². The molecule has 0 aromatic carbocycles. The van der Waals surface area contributed by atoms with E-state index in [1.807, 2.05) is 0 Å². The molecule has 0 radical (unpaired) electrons. The van der Waals surface area contributed by atoms with E-state index in [1.54, 1.807) is 0 Å². The Morgan fingerprint density at radius 3 is 2.81 bits per heavy atom. The standard InChI is InChI=1S/C10H12N2O4/c11-10(15)12-8(13)6-3-1-4-5(2-3)16-9(14)7(4)6/h3-7H,1-2H2,(H3,11,12,13,15)/t3-,4-,5+,6-,7+/m1/s1. The number of nitrogens with one attached hydrogen (secondary N) is 1. The van der Waals surface area contributed by atoms with Gasteiger partial charge in [-0.2, -0.15) is 0 Å². The van der Waals surface area contributed by atoms with E-state index in [9.17, 15) is 14.4 Å². The van der Waals surface area contributed by atoms with Crippen LogP contribution in [0.5, 0.6) is 0 Å². The molecule has 1 saturated heterocycles. The van der Waals surface area contributed by atoms with E-state index >= 15 is 0 Å². The molecular weight excluding hydrogens is 212 g/mol. The Hall–Kier alpha value is -1.59. The van der Waals surface area contributed by atoms with Gasteiger partial charge >= 0.3 is 12.0 Å². The fraction of sp³-hybridized carbons (Fsp3) is 0.700. The Bertz CT molecular complexity index is 392. The van der Waals surface area contributed by atoms with Crippen molar-refractivity contribution in [2.75, 3.05) is 0 Å². The summed E-state index contributed by atoms with van der Waals surface area (Å²) in [5, 5.41) is 2.07. The van der Waals surface area contributed by atoms with Crippen LogP contribution in [0.4, 0.5) is 4.79 Å². The summed E-state index contributed by atoms with van der Waals surface area (Å²) in [6.07, 6.45) is 1.59. The highest BCUT2D eigenvalue weighted by atomic mass is 16.6. The second-order valence-corrected chi connectivity index (χ2v) is 4.78. The number of primary amides is 1. The number of carbonyl (C=O) groups is 3. The van der Waals surface area contributed by atoms with Crippen molar-refractivity contribution in [2.24, 2.45) is 29.4 Å². The maximum absolute atomic E-state index is 11.8. The molecule has 86 valence electrons. The molecule has 0 aromatic rings. The Kier molecular flexibility index (Phi) is 1.78. The highest BCUT2D eigenvalue weighted by Crippen LogP contribution is 2.57. The van der Waals surface area contributed by atoms with Gasteiger partial charge in [0, 0.05) is 5.92 Å². The first-order chi connectivity index (χ1) is 7.58. The lowest BCUT2D eigenvalue weighted by Gasteiger charge is -2.22. The van der Waals surface area contributed by atoms with Crippen molar-refractivity contribution in [1.29, 1.82) is 0 Å². The van der Waals surface area contributed by atoms with E-state index in [2.05, 4.69) is 5.32 Å². The van der Waals surface area contributed by atoms with Crippen molar-refractivity contribution in [3.63, 3.8) is 0 Å². The molecule has 3 rings (SSSR count). The van der Waals surface area contributed by atoms with Crippen LogP contribution in [0.15, 0.2) is 0 Å². The fourth-order valence-electron chi connectivity index (χ4n) is 3.57. The topological polar surface area (TPSA) is 98.5 Å². The molecule has 0 unspecified atom stereocenters. The third-order valence-corrected chi connectivity index (χ3v) is 4.03. The molecule has 2 saturated carbocycles. The number of nitrogens with two attached hydrogens (primary N) is 1. The minimum absolute atomic E-state index is 0.000119. The molecular formula is C10H12N2O4. The molecule has 3 aliphatic rings. The molecule has 5 atom stereocenters. The average molecular weight is 224 g/mol. The summed E-state index contributed by atoms with van der Waals surface area (Å²) in [7, 11) is 0. The van der Waals surface area contributed by atoms with Crippen molar-refractivity contribution in [1.82, 2.24) is 5.32 Å². The van der Waals surface area contributed by atoms with E-state index in [0.717, 1.165) is 12.8 Å². The van der Waals surface area contributed by atoms with Gasteiger partial charge in [-0.05, 0) is 18.8 Å². The molecule has 3 N–H and O–H groups in total. The van der Waals surface area contributed by atoms with Gasteiger partial charge in [0.1, 0.15) is 6.10 Å². The zero-order valence-electron chi connectivity index (χ0n) is 8.51. The van der Waals surface area contributed by atoms with Crippen molar-refractivity contribution in [3.05, 3.63) is 0 Å². The molecule has 6 heteroatoms. The number of urea groups is 1. The van der Waals surface area contributed by atoms with Crippen LogP contribution in [0.2, 0.25) is 0 Å². The molecule has 2 aliphatic carbocycles. The number of fused-ring (bicyclic) bond motifs is 1. The summed E-state index contributed by atoms with van der Waals surface area (Å²) >= 11 is 0. The third-order valence-electron chi connectivity index (χ3n) is 4.03. The van der Waals surface area contributed by atoms with Gasteiger partial charge in [-0.3, -0.25) is 14.9 Å². The number of rotatable bonds is 1. The van der Waals surface area contributed by atoms with E-state index in [-0.39, 0.29) is 29.8 Å². The lowest BCUT2D eigenvalue weighted by molar-refractivity contribution is -0.145. The van der Waals surface area contributed by atoms with E-state index in [0.29, 0.717) is 0 Å². The summed E-state index contributed by atoms with van der Waals surface area (Å²) in [4.78, 5) is 34.0. The number of amides is 3. The van der Waals surface area contributed by atoms with Gasteiger partial charge < -0.3 is 10.5 Å². The van der Waals surface area contributed by atoms with Crippen LogP contribution in [0.1, 0.15) is 12.8 Å². The fourth-order valence-corrected chi connectivity index (χ4v) is 3.57. The largest absolute Gasteiger partial charge is 0.462 e. The van der Waals surface area contributed by atoms with Crippen LogP contribution in [-0.2, 0) is 14.3 Å². The summed E-state index contributed by atoms with van der Waals surface area (Å²) in [5.74, 6) is -1.18. The number of imide groups is 1. The summed E-state index contributed by atoms with van der Waals surface area (Å²) in [5.41, 5.74) is 4.90. The minimum Gasteiger partial charge on any atom is -0.462 e. The van der Waals surface area contributed by atoms with Crippen LogP contribution in [0.3, 0.4) is 0 Å². The molecule has 1 heterocycles. The summed E-state index contributed by atoms with van der Waals surface area (Å²) in [6.45, 7) is 0. The van der Waals surface area contributed by atoms with Gasteiger partial charge in [-0.15, -0.1) is 0 Å². The third kappa shape index (κ3) is 1.10. The van der Waals surface area contributed by atoms with Crippen molar-refractivity contribution in [2.45, 2.75) is 18.9 Å². The van der Waals surface area contributed by atoms with Crippen LogP contribution in [0.25, 0.3) is 0 Å². The molecule has 1 aliphatic heterocycles. The number of esters is 1. The highest BCUT2D eigenvalue weighted by Gasteiger charge is 2.63. The second-order valence-electron chi connectivity index (χ2n) is 4.78. The molecule has 16 heavy (non-hydrogen) atoms. The van der Waals surface area contributed by atoms with E-state index in [1.165, 1.54) is 0 Å². The van der Waals surface area contributed by atoms with Gasteiger partial charge in [0.15, 0.2) is 0 Å². The van der Waals surface area contributed by atoms with Crippen LogP contribution < -0.4 is 11.1 Å². The Morgan fingerprint density at radius 2 is 2.12 bits per heavy atom. The van der Waals surface area contributed by atoms with Crippen molar-refractivity contribution < 1.29 is 19.1 Å². The summed E-state index contributed by atoms with van der Waals surface area (Å²) < 4.78 is 5.19. The van der Waals surface area contributed by atoms with Gasteiger partial charge in [0.2, 0.25) is 5.91 Å². The SMILES string of the molecule is NC(=O)NC(=O)[C@@H]1[C@@H]2C[C@H]3[C@@H]1C(=O)O[C@H]3C2. The smallest absolute Gasteiger partial charge is 0.318 e. The van der Waals surface area contributed by atoms with Gasteiger partial charge in [0.05, 0.1) is 11.8 Å². The van der Waals surface area contributed by atoms with Crippen molar-refractivity contribution >= 4 is 17.9 Å². The molecule has 2 bridgehead atoms. The predicted octanol–water partition coefficient (Wildman–Crippen LogP) is -0.621. The summed E-state index contributed by atoms with van der Waals surface area (Å²) in [6, 6.07) is -0.865. The molecule has 0 spiro atoms. The number of carbonyl (C=O) groups excluding carboxylic acids is 3. The number of hydrogen-bond acceptors (Lipinski definition) is 4. The zero-order chi connectivity index (χ0) is 11.4. The van der Waals surface area contributed by atoms with Gasteiger partial charge in [-0.25, -0.2) is 4.79 Å². The Balaban J connectivity index is 1.84. The highest BCUT2D eigenvalue weighted by molar-refractivity contribution is 5.97. The Labute approximate surface area is 91.5 Å². The predicted molar refractivity (Wildman–Crippen MR) is 50.8 cm³/mol. The van der Waals surface area contributed by atoms with E-state index < -0.39 is 17.9 Å². The van der Waals surface area contributed by atoms with Crippen LogP contribution in [-0.4, -0.2) is 24.0 Å². The van der Waals surface area contributed by atoms with Crippen molar-refractivity contribution in [3.8, 4) is 0 Å². The number of hydrogen-bond donors (Lipinski definition) is 2. The number of ether oxygens (including phenoxy) is 1. The molecule has 3 amide bonds.